The molecule has 1 aromatic rings. The van der Waals surface area contributed by atoms with E-state index in [2.05, 4.69) is 16.4 Å². The second-order valence-corrected chi connectivity index (χ2v) is 5.75. The third-order valence-electron chi connectivity index (χ3n) is 3.32. The van der Waals surface area contributed by atoms with Gasteiger partial charge in [0.1, 0.15) is 6.04 Å². The van der Waals surface area contributed by atoms with Crippen LogP contribution >= 0.6 is 11.6 Å². The molecule has 0 saturated carbocycles. The van der Waals surface area contributed by atoms with Crippen LogP contribution in [-0.2, 0) is 20.8 Å². The number of nitrogens with one attached hydrogen (secondary N) is 2. The van der Waals surface area contributed by atoms with Crippen molar-refractivity contribution in [2.45, 2.75) is 38.4 Å². The Bertz CT molecular complexity index is 549. The third kappa shape index (κ3) is 6.38. The van der Waals surface area contributed by atoms with Crippen LogP contribution in [0.5, 0.6) is 0 Å². The summed E-state index contributed by atoms with van der Waals surface area (Å²) in [5.74, 6) is -1.21. The van der Waals surface area contributed by atoms with Crippen molar-refractivity contribution in [1.29, 1.82) is 0 Å². The predicted octanol–water partition coefficient (Wildman–Crippen LogP) is -0.343. The second-order valence-electron chi connectivity index (χ2n) is 5.48. The average Bonchev–Trinajstić information content (AvgIpc) is 2.54. The van der Waals surface area contributed by atoms with Gasteiger partial charge >= 0.3 is 0 Å². The number of hydrogen-bond acceptors (Lipinski definition) is 3. The van der Waals surface area contributed by atoms with Gasteiger partial charge < -0.3 is 16.4 Å². The molecule has 0 aliphatic heterocycles. The molecule has 0 heterocycles. The van der Waals surface area contributed by atoms with Gasteiger partial charge in [-0.05, 0) is 25.8 Å². The summed E-state index contributed by atoms with van der Waals surface area (Å²) >= 11 is 5.62. The molecule has 0 aliphatic rings. The summed E-state index contributed by atoms with van der Waals surface area (Å²) in [4.78, 5) is 35.7. The van der Waals surface area contributed by atoms with E-state index in [-0.39, 0.29) is 17.6 Å². The Morgan fingerprint density at radius 2 is 1.70 bits per heavy atom. The van der Waals surface area contributed by atoms with Crippen LogP contribution in [0.3, 0.4) is 0 Å². The predicted molar refractivity (Wildman–Crippen MR) is 87.8 cm³/mol. The van der Waals surface area contributed by atoms with E-state index in [0.717, 1.165) is 5.56 Å². The molecule has 0 fully saturated rings. The number of benzene rings is 1. The summed E-state index contributed by atoms with van der Waals surface area (Å²) in [7, 11) is 0. The first-order chi connectivity index (χ1) is 10.8. The van der Waals surface area contributed by atoms with Crippen LogP contribution in [0.4, 0.5) is 0 Å². The van der Waals surface area contributed by atoms with Crippen molar-refractivity contribution in [3.05, 3.63) is 35.9 Å². The van der Waals surface area contributed by atoms with E-state index in [9.17, 15) is 14.4 Å². The number of rotatable bonds is 8. The number of carbonyl (C=O) groups excluding carboxylic acids is 3. The van der Waals surface area contributed by atoms with E-state index < -0.39 is 24.0 Å². The number of quaternary nitrogens is 1. The van der Waals surface area contributed by atoms with Gasteiger partial charge in [-0.2, -0.15) is 0 Å². The third-order valence-corrected chi connectivity index (χ3v) is 3.58. The molecule has 0 aliphatic carbocycles. The normalized spacial score (nSPS) is 14.4. The van der Waals surface area contributed by atoms with E-state index in [1.807, 2.05) is 30.3 Å². The van der Waals surface area contributed by atoms with E-state index >= 15 is 0 Å². The fourth-order valence-electron chi connectivity index (χ4n) is 1.91. The highest BCUT2D eigenvalue weighted by atomic mass is 35.5. The Kier molecular flexibility index (Phi) is 7.71. The number of halogens is 1. The minimum Gasteiger partial charge on any atom is -0.348 e. The molecule has 0 aromatic heterocycles. The molecule has 0 saturated heterocycles. The highest BCUT2D eigenvalue weighted by molar-refractivity contribution is 6.28. The number of hydrogen-bond donors (Lipinski definition) is 3. The van der Waals surface area contributed by atoms with Gasteiger partial charge in [-0.25, -0.2) is 0 Å². The van der Waals surface area contributed by atoms with Crippen molar-refractivity contribution in [2.24, 2.45) is 0 Å². The van der Waals surface area contributed by atoms with Crippen LogP contribution < -0.4 is 16.4 Å². The molecule has 6 nitrogen and oxygen atoms in total. The van der Waals surface area contributed by atoms with Gasteiger partial charge in [-0.15, -0.1) is 11.6 Å². The van der Waals surface area contributed by atoms with E-state index in [4.69, 9.17) is 11.6 Å². The van der Waals surface area contributed by atoms with E-state index in [1.54, 1.807) is 13.8 Å². The van der Waals surface area contributed by atoms with E-state index in [0.29, 0.717) is 6.42 Å². The minimum absolute atomic E-state index is 0.186. The lowest BCUT2D eigenvalue weighted by Gasteiger charge is -2.20. The fraction of sp³-hybridized carbons (Fsp3) is 0.438. The van der Waals surface area contributed by atoms with Crippen LogP contribution in [0.1, 0.15) is 19.4 Å². The monoisotopic (exact) mass is 340 g/mol. The smallest absolute Gasteiger partial charge is 0.278 e. The number of amides is 2. The lowest BCUT2D eigenvalue weighted by molar-refractivity contribution is -0.398. The van der Waals surface area contributed by atoms with Crippen molar-refractivity contribution in [2.75, 3.05) is 5.88 Å². The minimum atomic E-state index is -0.756. The molecule has 1 rings (SSSR count). The first kappa shape index (κ1) is 19.1. The lowest BCUT2D eigenvalue weighted by Crippen LogP contribution is -2.67. The van der Waals surface area contributed by atoms with Crippen molar-refractivity contribution < 1.29 is 20.1 Å². The molecule has 3 atom stereocenters. The molecule has 2 amide bonds. The molecule has 0 radical (unpaired) electrons. The van der Waals surface area contributed by atoms with Gasteiger partial charge in [0.15, 0.2) is 11.8 Å². The second kappa shape index (κ2) is 9.27. The summed E-state index contributed by atoms with van der Waals surface area (Å²) in [6, 6.07) is 7.39. The maximum Gasteiger partial charge on any atom is 0.278 e. The van der Waals surface area contributed by atoms with Crippen LogP contribution in [0.2, 0.25) is 0 Å². The quantitative estimate of drug-likeness (QED) is 0.564. The Hall–Kier alpha value is -1.92. The summed E-state index contributed by atoms with van der Waals surface area (Å²) in [5.41, 5.74) is 4.51. The molecule has 0 spiro atoms. The fourth-order valence-corrected chi connectivity index (χ4v) is 2.09. The van der Waals surface area contributed by atoms with Gasteiger partial charge in [0.2, 0.25) is 5.91 Å². The summed E-state index contributed by atoms with van der Waals surface area (Å²) in [5, 5.41) is 5.20. The van der Waals surface area contributed by atoms with Crippen LogP contribution in [0.15, 0.2) is 30.3 Å². The molecule has 23 heavy (non-hydrogen) atoms. The van der Waals surface area contributed by atoms with Crippen molar-refractivity contribution >= 4 is 29.2 Å². The molecule has 5 N–H and O–H groups in total. The van der Waals surface area contributed by atoms with Gasteiger partial charge in [-0.3, -0.25) is 14.4 Å². The number of ketones is 1. The highest BCUT2D eigenvalue weighted by Gasteiger charge is 2.25. The molecule has 126 valence electrons. The van der Waals surface area contributed by atoms with Gasteiger partial charge in [0.25, 0.3) is 5.91 Å². The van der Waals surface area contributed by atoms with Gasteiger partial charge in [-0.1, -0.05) is 30.3 Å². The first-order valence-corrected chi connectivity index (χ1v) is 7.95. The van der Waals surface area contributed by atoms with Gasteiger partial charge in [0, 0.05) is 0 Å². The summed E-state index contributed by atoms with van der Waals surface area (Å²) in [6.45, 7) is 3.19. The zero-order valence-electron chi connectivity index (χ0n) is 13.3. The standard InChI is InChI=1S/C16H22ClN3O3/c1-10(18)15(22)19-11(2)16(23)20-13(14(21)9-17)8-12-6-4-3-5-7-12/h3-7,10-11,13H,8-9,18H2,1-2H3,(H,19,22)(H,20,23)/p+1/t10-,11-,13-/m0/s1. The number of carbonyl (C=O) groups is 3. The number of alkyl halides is 1. The maximum absolute atomic E-state index is 12.2. The van der Waals surface area contributed by atoms with E-state index in [1.165, 1.54) is 0 Å². The Morgan fingerprint density at radius 3 is 2.22 bits per heavy atom. The van der Waals surface area contributed by atoms with Gasteiger partial charge in [0.05, 0.1) is 11.9 Å². The largest absolute Gasteiger partial charge is 0.348 e. The number of Topliss-reactive ketones (excluding diaryl/α,β-unsaturated/α-hetero) is 1. The lowest BCUT2D eigenvalue weighted by atomic mass is 10.0. The molecule has 1 aromatic carbocycles. The van der Waals surface area contributed by atoms with Crippen molar-refractivity contribution in [3.63, 3.8) is 0 Å². The molecular formula is C16H23ClN3O3+. The zero-order valence-corrected chi connectivity index (χ0v) is 14.1. The molecule has 0 unspecified atom stereocenters. The average molecular weight is 341 g/mol. The van der Waals surface area contributed by atoms with Crippen LogP contribution in [-0.4, -0.2) is 41.6 Å². The summed E-state index contributed by atoms with van der Waals surface area (Å²) in [6.07, 6.45) is 0.352. The molecule has 0 bridgehead atoms. The zero-order chi connectivity index (χ0) is 17.4. The van der Waals surface area contributed by atoms with Crippen molar-refractivity contribution in [1.82, 2.24) is 10.6 Å². The topological polar surface area (TPSA) is 103 Å². The van der Waals surface area contributed by atoms with Crippen LogP contribution in [0.25, 0.3) is 0 Å². The highest BCUT2D eigenvalue weighted by Crippen LogP contribution is 2.05. The Balaban J connectivity index is 2.71. The molecular weight excluding hydrogens is 318 g/mol. The summed E-state index contributed by atoms with van der Waals surface area (Å²) < 4.78 is 0. The Labute approximate surface area is 140 Å². The Morgan fingerprint density at radius 1 is 1.09 bits per heavy atom. The van der Waals surface area contributed by atoms with Crippen molar-refractivity contribution in [3.8, 4) is 0 Å². The van der Waals surface area contributed by atoms with Crippen LogP contribution in [0, 0.1) is 0 Å². The molecule has 7 heteroatoms. The maximum atomic E-state index is 12.2. The first-order valence-electron chi connectivity index (χ1n) is 7.41. The SMILES string of the molecule is C[C@H]([NH3+])C(=O)N[C@@H](C)C(=O)N[C@@H](Cc1ccccc1)C(=O)CCl.